The Bertz CT molecular complexity index is 2730. The highest BCUT2D eigenvalue weighted by Crippen LogP contribution is 2.57. The van der Waals surface area contributed by atoms with Crippen LogP contribution in [-0.4, -0.2) is 11.7 Å². The van der Waals surface area contributed by atoms with Crippen LogP contribution in [0.5, 0.6) is 0 Å². The van der Waals surface area contributed by atoms with Gasteiger partial charge in [-0.05, 0) is 91.5 Å². The van der Waals surface area contributed by atoms with Crippen LogP contribution >= 0.6 is 0 Å². The van der Waals surface area contributed by atoms with E-state index in [1.807, 2.05) is 24.3 Å². The van der Waals surface area contributed by atoms with Gasteiger partial charge in [0.1, 0.15) is 12.0 Å². The summed E-state index contributed by atoms with van der Waals surface area (Å²) in [5.74, 6) is 1.47. The van der Waals surface area contributed by atoms with E-state index in [2.05, 4.69) is 187 Å². The van der Waals surface area contributed by atoms with Gasteiger partial charge in [0.25, 0.3) is 0 Å². The summed E-state index contributed by atoms with van der Waals surface area (Å²) in [6.07, 6.45) is -0.321. The minimum atomic E-state index is -0.603. The van der Waals surface area contributed by atoms with Crippen LogP contribution in [0.1, 0.15) is 45.1 Å². The number of nitrogens with one attached hydrogen (secondary N) is 1. The second-order valence-corrected chi connectivity index (χ2v) is 14.4. The molecule has 1 aliphatic heterocycles. The van der Waals surface area contributed by atoms with E-state index in [4.69, 9.17) is 15.7 Å². The number of nitrogens with two attached hydrogens (primary N) is 1. The number of hydrogen-bond acceptors (Lipinski definition) is 4. The molecule has 1 aliphatic carbocycles. The fourth-order valence-electron chi connectivity index (χ4n) is 8.53. The van der Waals surface area contributed by atoms with Crippen LogP contribution in [-0.2, 0) is 5.41 Å². The summed E-state index contributed by atoms with van der Waals surface area (Å²) in [6.45, 7) is 0. The Morgan fingerprint density at radius 3 is 1.57 bits per heavy atom. The van der Waals surface area contributed by atoms with Crippen molar-refractivity contribution in [1.82, 2.24) is 5.32 Å². The molecule has 4 nitrogen and oxygen atoms in total. The van der Waals surface area contributed by atoms with Crippen molar-refractivity contribution < 1.29 is 0 Å². The molecule has 0 spiro atoms. The van der Waals surface area contributed by atoms with E-state index in [1.54, 1.807) is 0 Å². The van der Waals surface area contributed by atoms with Gasteiger partial charge in [-0.3, -0.25) is 0 Å². The summed E-state index contributed by atoms with van der Waals surface area (Å²) in [4.78, 5) is 10.5. The van der Waals surface area contributed by atoms with Crippen molar-refractivity contribution in [2.75, 3.05) is 5.73 Å². The summed E-state index contributed by atoms with van der Waals surface area (Å²) in [7, 11) is 0. The van der Waals surface area contributed by atoms with Crippen LogP contribution < -0.4 is 11.1 Å². The molecule has 1 unspecified atom stereocenters. The van der Waals surface area contributed by atoms with Crippen molar-refractivity contribution in [3.63, 3.8) is 0 Å². The van der Waals surface area contributed by atoms with Gasteiger partial charge < -0.3 is 11.1 Å². The topological polar surface area (TPSA) is 62.8 Å². The second kappa shape index (κ2) is 13.8. The van der Waals surface area contributed by atoms with Gasteiger partial charge >= 0.3 is 0 Å². The molecular weight excluding hydrogens is 681 g/mol. The highest BCUT2D eigenvalue weighted by Gasteiger charge is 2.46. The van der Waals surface area contributed by atoms with Crippen LogP contribution in [0.2, 0.25) is 0 Å². The molecule has 1 atom stereocenters. The first kappa shape index (κ1) is 33.3. The number of nitrogens with zero attached hydrogens (tertiary/aromatic N) is 2. The van der Waals surface area contributed by atoms with Crippen LogP contribution in [0.4, 0.5) is 5.69 Å². The molecular formula is C52H38N4. The van der Waals surface area contributed by atoms with Crippen molar-refractivity contribution >= 4 is 17.4 Å². The minimum absolute atomic E-state index is 0.321. The average Bonchev–Trinajstić information content (AvgIpc) is 3.57. The van der Waals surface area contributed by atoms with Crippen molar-refractivity contribution in [2.24, 2.45) is 9.98 Å². The van der Waals surface area contributed by atoms with Gasteiger partial charge in [0.05, 0.1) is 5.41 Å². The number of fused-ring (bicyclic) bond motifs is 3. The minimum Gasteiger partial charge on any atom is -0.399 e. The fraction of sp³-hybridized carbons (Fsp3) is 0.0385. The summed E-state index contributed by atoms with van der Waals surface area (Å²) in [5, 5.41) is 3.74. The molecule has 0 aromatic heterocycles. The summed E-state index contributed by atoms with van der Waals surface area (Å²) < 4.78 is 0. The summed E-state index contributed by atoms with van der Waals surface area (Å²) >= 11 is 0. The lowest BCUT2D eigenvalue weighted by molar-refractivity contribution is 0.674. The Labute approximate surface area is 327 Å². The van der Waals surface area contributed by atoms with E-state index in [1.165, 1.54) is 33.4 Å². The highest BCUT2D eigenvalue weighted by atomic mass is 15.2. The Kier molecular flexibility index (Phi) is 8.23. The van der Waals surface area contributed by atoms with Gasteiger partial charge in [-0.1, -0.05) is 176 Å². The molecule has 0 bridgehead atoms. The van der Waals surface area contributed by atoms with E-state index >= 15 is 0 Å². The van der Waals surface area contributed by atoms with Gasteiger partial charge in [-0.15, -0.1) is 0 Å². The van der Waals surface area contributed by atoms with Crippen molar-refractivity contribution in [1.29, 1.82) is 0 Å². The lowest BCUT2D eigenvalue weighted by Gasteiger charge is -2.34. The number of rotatable bonds is 7. The standard InChI is InChI=1S/C52H38N4/c53-44-26-14-20-38(32-44)39-27-29-45-46-30-28-41(34-48(46)52(47(45)33-39,42-22-9-3-10-23-42)43-24-11-4-12-25-43)51-55-49(36-17-7-2-8-18-36)54-50(56-51)40-21-13-19-37(31-40)35-15-5-1-6-16-35/h1-34,49H,53H2,(H,54,55,56). The molecule has 266 valence electrons. The van der Waals surface area contributed by atoms with Gasteiger partial charge in [0.15, 0.2) is 5.84 Å². The van der Waals surface area contributed by atoms with Crippen molar-refractivity contribution in [2.45, 2.75) is 11.6 Å². The molecule has 0 saturated carbocycles. The molecule has 1 heterocycles. The third kappa shape index (κ3) is 5.71. The number of amidine groups is 2. The molecule has 8 aromatic rings. The molecule has 2 aliphatic rings. The molecule has 8 aromatic carbocycles. The molecule has 3 N–H and O–H groups in total. The van der Waals surface area contributed by atoms with Crippen molar-refractivity contribution in [3.8, 4) is 33.4 Å². The lowest BCUT2D eigenvalue weighted by Crippen LogP contribution is -2.34. The molecule has 0 saturated heterocycles. The van der Waals surface area contributed by atoms with Crippen LogP contribution in [0.15, 0.2) is 216 Å². The molecule has 0 fully saturated rings. The number of benzene rings is 8. The molecule has 56 heavy (non-hydrogen) atoms. The zero-order valence-electron chi connectivity index (χ0n) is 30.7. The van der Waals surface area contributed by atoms with Crippen LogP contribution in [0.3, 0.4) is 0 Å². The predicted octanol–water partition coefficient (Wildman–Crippen LogP) is 11.5. The maximum absolute atomic E-state index is 6.30. The van der Waals surface area contributed by atoms with E-state index < -0.39 is 5.41 Å². The van der Waals surface area contributed by atoms with Gasteiger partial charge in [-0.2, -0.15) is 0 Å². The predicted molar refractivity (Wildman–Crippen MR) is 231 cm³/mol. The van der Waals surface area contributed by atoms with E-state index in [-0.39, 0.29) is 6.17 Å². The largest absolute Gasteiger partial charge is 0.399 e. The number of hydrogen-bond donors (Lipinski definition) is 2. The average molecular weight is 719 g/mol. The first-order chi connectivity index (χ1) is 27.6. The molecule has 10 rings (SSSR count). The van der Waals surface area contributed by atoms with Gasteiger partial charge in [0, 0.05) is 16.8 Å². The number of aliphatic imine (C=N–C) groups is 2. The van der Waals surface area contributed by atoms with E-state index in [0.717, 1.165) is 50.5 Å². The third-order valence-electron chi connectivity index (χ3n) is 11.1. The third-order valence-corrected chi connectivity index (χ3v) is 11.1. The van der Waals surface area contributed by atoms with E-state index in [0.29, 0.717) is 5.84 Å². The van der Waals surface area contributed by atoms with Crippen LogP contribution in [0, 0.1) is 0 Å². The molecule has 4 heteroatoms. The maximum atomic E-state index is 6.30. The smallest absolute Gasteiger partial charge is 0.159 e. The highest BCUT2D eigenvalue weighted by molar-refractivity contribution is 6.13. The Hall–Kier alpha value is -7.30. The zero-order chi connectivity index (χ0) is 37.5. The Morgan fingerprint density at radius 1 is 0.429 bits per heavy atom. The zero-order valence-corrected chi connectivity index (χ0v) is 30.7. The Morgan fingerprint density at radius 2 is 0.929 bits per heavy atom. The number of nitrogen functional groups attached to an aromatic ring is 1. The van der Waals surface area contributed by atoms with Gasteiger partial charge in [0.2, 0.25) is 0 Å². The van der Waals surface area contributed by atoms with Crippen molar-refractivity contribution in [3.05, 3.63) is 245 Å². The quantitative estimate of drug-likeness (QED) is 0.161. The van der Waals surface area contributed by atoms with E-state index in [9.17, 15) is 0 Å². The Balaban J connectivity index is 1.17. The second-order valence-electron chi connectivity index (χ2n) is 14.4. The maximum Gasteiger partial charge on any atom is 0.159 e. The first-order valence-corrected chi connectivity index (χ1v) is 19.1. The summed E-state index contributed by atoms with van der Waals surface area (Å²) in [6, 6.07) is 73.1. The number of anilines is 1. The summed E-state index contributed by atoms with van der Waals surface area (Å²) in [5.41, 5.74) is 21.3. The molecule has 0 radical (unpaired) electrons. The van der Waals surface area contributed by atoms with Gasteiger partial charge in [-0.25, -0.2) is 9.98 Å². The SMILES string of the molecule is Nc1cccc(-c2ccc3c(c2)C(c2ccccc2)(c2ccccc2)c2cc(C4=NC(c5cccc(-c6ccccc6)c5)=NC(c5ccccc5)N4)ccc2-3)c1. The lowest BCUT2D eigenvalue weighted by atomic mass is 9.67. The first-order valence-electron chi connectivity index (χ1n) is 19.1. The fourth-order valence-corrected chi connectivity index (χ4v) is 8.53. The van der Waals surface area contributed by atoms with Crippen LogP contribution in [0.25, 0.3) is 33.4 Å². The molecule has 0 amide bonds. The normalized spacial score (nSPS) is 15.2. The monoisotopic (exact) mass is 718 g/mol.